The number of alkyl halides is 3. The number of halogens is 3. The van der Waals surface area contributed by atoms with Gasteiger partial charge < -0.3 is 5.32 Å². The second-order valence-corrected chi connectivity index (χ2v) is 3.90. The molecule has 0 saturated heterocycles. The SMILES string of the molecule is C[C@@H](NC(=O)[C@H](C)C(F)(F)F)c1ccccc1. The van der Waals surface area contributed by atoms with E-state index in [1.807, 2.05) is 0 Å². The molecule has 2 nitrogen and oxygen atoms in total. The van der Waals surface area contributed by atoms with Crippen molar-refractivity contribution in [3.63, 3.8) is 0 Å². The number of amides is 1. The fourth-order valence-electron chi connectivity index (χ4n) is 1.31. The summed E-state index contributed by atoms with van der Waals surface area (Å²) in [7, 11) is 0. The number of carbonyl (C=O) groups is 1. The van der Waals surface area contributed by atoms with Gasteiger partial charge in [-0.2, -0.15) is 13.2 Å². The van der Waals surface area contributed by atoms with Crippen LogP contribution in [0.25, 0.3) is 0 Å². The zero-order chi connectivity index (χ0) is 13.1. The van der Waals surface area contributed by atoms with Crippen LogP contribution in [0.3, 0.4) is 0 Å². The summed E-state index contributed by atoms with van der Waals surface area (Å²) < 4.78 is 36.9. The summed E-state index contributed by atoms with van der Waals surface area (Å²) >= 11 is 0. The van der Waals surface area contributed by atoms with Crippen LogP contribution in [-0.2, 0) is 4.79 Å². The van der Waals surface area contributed by atoms with Crippen molar-refractivity contribution in [2.45, 2.75) is 26.1 Å². The molecule has 0 heterocycles. The Balaban J connectivity index is 2.64. The van der Waals surface area contributed by atoms with Crippen molar-refractivity contribution in [2.75, 3.05) is 0 Å². The maximum absolute atomic E-state index is 12.3. The Labute approximate surface area is 97.8 Å². The molecular weight excluding hydrogens is 231 g/mol. The third-order valence-electron chi connectivity index (χ3n) is 2.54. The smallest absolute Gasteiger partial charge is 0.349 e. The Hall–Kier alpha value is -1.52. The monoisotopic (exact) mass is 245 g/mol. The van der Waals surface area contributed by atoms with Gasteiger partial charge >= 0.3 is 6.18 Å². The van der Waals surface area contributed by atoms with Crippen LogP contribution in [0.5, 0.6) is 0 Å². The molecule has 0 aliphatic heterocycles. The fraction of sp³-hybridized carbons (Fsp3) is 0.417. The van der Waals surface area contributed by atoms with Gasteiger partial charge in [0.25, 0.3) is 0 Å². The Bertz CT molecular complexity index is 375. The lowest BCUT2D eigenvalue weighted by atomic mass is 10.1. The van der Waals surface area contributed by atoms with E-state index in [1.165, 1.54) is 0 Å². The minimum atomic E-state index is -4.50. The van der Waals surface area contributed by atoms with Crippen LogP contribution in [0.1, 0.15) is 25.5 Å². The van der Waals surface area contributed by atoms with Gasteiger partial charge in [-0.15, -0.1) is 0 Å². The summed E-state index contributed by atoms with van der Waals surface area (Å²) in [4.78, 5) is 11.3. The minimum Gasteiger partial charge on any atom is -0.349 e. The van der Waals surface area contributed by atoms with Crippen LogP contribution in [-0.4, -0.2) is 12.1 Å². The van der Waals surface area contributed by atoms with E-state index in [4.69, 9.17) is 0 Å². The van der Waals surface area contributed by atoms with Gasteiger partial charge in [-0.1, -0.05) is 30.3 Å². The average Bonchev–Trinajstić information content (AvgIpc) is 2.27. The first-order chi connectivity index (χ1) is 7.82. The molecule has 5 heteroatoms. The second-order valence-electron chi connectivity index (χ2n) is 3.90. The molecular formula is C12H14F3NO. The van der Waals surface area contributed by atoms with Crippen molar-refractivity contribution in [1.82, 2.24) is 5.32 Å². The minimum absolute atomic E-state index is 0.437. The molecule has 1 amide bonds. The quantitative estimate of drug-likeness (QED) is 0.871. The zero-order valence-electron chi connectivity index (χ0n) is 9.58. The van der Waals surface area contributed by atoms with E-state index < -0.39 is 24.0 Å². The molecule has 0 aliphatic carbocycles. The van der Waals surface area contributed by atoms with Crippen molar-refractivity contribution in [2.24, 2.45) is 5.92 Å². The summed E-state index contributed by atoms with van der Waals surface area (Å²) in [5, 5.41) is 2.34. The Morgan fingerprint density at radius 2 is 1.71 bits per heavy atom. The summed E-state index contributed by atoms with van der Waals surface area (Å²) in [5.41, 5.74) is 0.773. The predicted octanol–water partition coefficient (Wildman–Crippen LogP) is 3.06. The number of nitrogens with one attached hydrogen (secondary N) is 1. The Morgan fingerprint density at radius 1 is 1.18 bits per heavy atom. The van der Waals surface area contributed by atoms with E-state index in [9.17, 15) is 18.0 Å². The number of carbonyl (C=O) groups excluding carboxylic acids is 1. The molecule has 0 bridgehead atoms. The van der Waals surface area contributed by atoms with Crippen LogP contribution in [0.15, 0.2) is 30.3 Å². The molecule has 0 fully saturated rings. The average molecular weight is 245 g/mol. The number of hydrogen-bond donors (Lipinski definition) is 1. The van der Waals surface area contributed by atoms with Gasteiger partial charge in [0.05, 0.1) is 6.04 Å². The molecule has 0 saturated carbocycles. The van der Waals surface area contributed by atoms with E-state index >= 15 is 0 Å². The van der Waals surface area contributed by atoms with Crippen LogP contribution < -0.4 is 5.32 Å². The van der Waals surface area contributed by atoms with Crippen molar-refractivity contribution < 1.29 is 18.0 Å². The number of benzene rings is 1. The normalized spacial score (nSPS) is 15.1. The highest BCUT2D eigenvalue weighted by molar-refractivity contribution is 5.79. The van der Waals surface area contributed by atoms with Crippen molar-refractivity contribution in [3.05, 3.63) is 35.9 Å². The summed E-state index contributed by atoms with van der Waals surface area (Å²) in [5.74, 6) is -3.00. The maximum atomic E-state index is 12.3. The molecule has 0 spiro atoms. The van der Waals surface area contributed by atoms with Gasteiger partial charge in [-0.3, -0.25) is 4.79 Å². The van der Waals surface area contributed by atoms with Crippen molar-refractivity contribution in [3.8, 4) is 0 Å². The number of rotatable bonds is 3. The van der Waals surface area contributed by atoms with E-state index in [-0.39, 0.29) is 0 Å². The topological polar surface area (TPSA) is 29.1 Å². The first-order valence-electron chi connectivity index (χ1n) is 5.24. The molecule has 0 radical (unpaired) electrons. The van der Waals surface area contributed by atoms with Gasteiger partial charge in [0.15, 0.2) is 0 Å². The molecule has 0 aromatic heterocycles. The van der Waals surface area contributed by atoms with Crippen LogP contribution in [0.2, 0.25) is 0 Å². The molecule has 1 aromatic carbocycles. The van der Waals surface area contributed by atoms with E-state index in [1.54, 1.807) is 37.3 Å². The van der Waals surface area contributed by atoms with Crippen LogP contribution in [0.4, 0.5) is 13.2 Å². The third kappa shape index (κ3) is 3.76. The van der Waals surface area contributed by atoms with Crippen molar-refractivity contribution >= 4 is 5.91 Å². The highest BCUT2D eigenvalue weighted by atomic mass is 19.4. The molecule has 1 aromatic rings. The van der Waals surface area contributed by atoms with Gasteiger partial charge in [-0.05, 0) is 19.4 Å². The molecule has 94 valence electrons. The van der Waals surface area contributed by atoms with Gasteiger partial charge in [-0.25, -0.2) is 0 Å². The van der Waals surface area contributed by atoms with E-state index in [2.05, 4.69) is 5.32 Å². The van der Waals surface area contributed by atoms with E-state index in [0.29, 0.717) is 0 Å². The summed E-state index contributed by atoms with van der Waals surface area (Å²) in [6.07, 6.45) is -4.50. The Kier molecular flexibility index (Phi) is 4.15. The highest BCUT2D eigenvalue weighted by Gasteiger charge is 2.41. The lowest BCUT2D eigenvalue weighted by Crippen LogP contribution is -2.38. The number of hydrogen-bond acceptors (Lipinski definition) is 1. The second kappa shape index (κ2) is 5.21. The van der Waals surface area contributed by atoms with Crippen molar-refractivity contribution in [1.29, 1.82) is 0 Å². The molecule has 1 N–H and O–H groups in total. The molecule has 2 atom stereocenters. The van der Waals surface area contributed by atoms with Gasteiger partial charge in [0.1, 0.15) is 5.92 Å². The van der Waals surface area contributed by atoms with Gasteiger partial charge in [0.2, 0.25) is 5.91 Å². The zero-order valence-corrected chi connectivity index (χ0v) is 9.58. The third-order valence-corrected chi connectivity index (χ3v) is 2.54. The van der Waals surface area contributed by atoms with Gasteiger partial charge in [0, 0.05) is 0 Å². The molecule has 1 rings (SSSR count). The molecule has 17 heavy (non-hydrogen) atoms. The van der Waals surface area contributed by atoms with Crippen LogP contribution in [0, 0.1) is 5.92 Å². The first-order valence-corrected chi connectivity index (χ1v) is 5.24. The molecule has 0 unspecified atom stereocenters. The lowest BCUT2D eigenvalue weighted by Gasteiger charge is -2.19. The first kappa shape index (κ1) is 13.5. The summed E-state index contributed by atoms with van der Waals surface area (Å²) in [6.45, 7) is 2.50. The fourth-order valence-corrected chi connectivity index (χ4v) is 1.31. The highest BCUT2D eigenvalue weighted by Crippen LogP contribution is 2.26. The summed E-state index contributed by atoms with van der Waals surface area (Å²) in [6, 6.07) is 8.41. The standard InChI is InChI=1S/C12H14F3NO/c1-8(12(13,14)15)11(17)16-9(2)10-6-4-3-5-7-10/h3-9H,1-2H3,(H,16,17)/t8-,9+/m0/s1. The largest absolute Gasteiger partial charge is 0.400 e. The molecule has 0 aliphatic rings. The van der Waals surface area contributed by atoms with E-state index in [0.717, 1.165) is 12.5 Å². The maximum Gasteiger partial charge on any atom is 0.400 e. The lowest BCUT2D eigenvalue weighted by molar-refractivity contribution is -0.179. The van der Waals surface area contributed by atoms with Crippen LogP contribution >= 0.6 is 0 Å². The predicted molar refractivity (Wildman–Crippen MR) is 58.2 cm³/mol. The Morgan fingerprint density at radius 3 is 2.18 bits per heavy atom.